The molecule has 24 heavy (non-hydrogen) atoms. The minimum absolute atomic E-state index is 0.00537. The molecule has 2 aliphatic rings. The largest absolute Gasteiger partial charge is 0.352 e. The van der Waals surface area contributed by atoms with Crippen molar-refractivity contribution >= 4 is 15.9 Å². The van der Waals surface area contributed by atoms with E-state index < -0.39 is 10.0 Å². The molecule has 1 aromatic heterocycles. The summed E-state index contributed by atoms with van der Waals surface area (Å²) in [6.45, 7) is 2.29. The van der Waals surface area contributed by atoms with Gasteiger partial charge in [-0.15, -0.1) is 0 Å². The maximum atomic E-state index is 12.7. The number of sulfonamides is 1. The van der Waals surface area contributed by atoms with E-state index in [1.54, 1.807) is 4.68 Å². The molecule has 1 amide bonds. The number of carbonyl (C=O) groups is 1. The zero-order chi connectivity index (χ0) is 17.3. The van der Waals surface area contributed by atoms with Crippen LogP contribution in [0.3, 0.4) is 0 Å². The Balaban J connectivity index is 1.64. The number of rotatable bonds is 4. The fraction of sp³-hybridized carbons (Fsp3) is 0.733. The summed E-state index contributed by atoms with van der Waals surface area (Å²) in [5.74, 6) is -0.0506. The number of hydrogen-bond donors (Lipinski definition) is 2. The van der Waals surface area contributed by atoms with Crippen molar-refractivity contribution in [3.8, 4) is 0 Å². The van der Waals surface area contributed by atoms with E-state index in [1.807, 2.05) is 19.4 Å². The summed E-state index contributed by atoms with van der Waals surface area (Å²) in [6, 6.07) is -0.115. The van der Waals surface area contributed by atoms with E-state index in [9.17, 15) is 13.2 Å². The van der Waals surface area contributed by atoms with Gasteiger partial charge in [0, 0.05) is 51.4 Å². The average molecular weight is 355 g/mol. The Kier molecular flexibility index (Phi) is 4.93. The van der Waals surface area contributed by atoms with Crippen LogP contribution in [0.5, 0.6) is 0 Å². The van der Waals surface area contributed by atoms with Gasteiger partial charge in [0.05, 0.1) is 18.4 Å². The van der Waals surface area contributed by atoms with Gasteiger partial charge in [-0.3, -0.25) is 9.48 Å². The minimum atomic E-state index is -3.21. The molecule has 3 atom stereocenters. The van der Waals surface area contributed by atoms with E-state index in [1.165, 1.54) is 10.6 Å². The van der Waals surface area contributed by atoms with Crippen LogP contribution >= 0.6 is 0 Å². The summed E-state index contributed by atoms with van der Waals surface area (Å²) in [5, 5.41) is 10.5. The van der Waals surface area contributed by atoms with Crippen molar-refractivity contribution in [3.63, 3.8) is 0 Å². The average Bonchev–Trinajstić information content (AvgIpc) is 3.15. The van der Waals surface area contributed by atoms with Crippen LogP contribution in [0, 0.1) is 5.92 Å². The van der Waals surface area contributed by atoms with Crippen LogP contribution in [0.4, 0.5) is 0 Å². The maximum absolute atomic E-state index is 12.7. The minimum Gasteiger partial charge on any atom is -0.352 e. The number of aromatic nitrogens is 2. The number of amides is 1. The molecule has 2 aliphatic heterocycles. The van der Waals surface area contributed by atoms with Crippen LogP contribution in [0.2, 0.25) is 0 Å². The molecule has 2 N–H and O–H groups in total. The van der Waals surface area contributed by atoms with Crippen molar-refractivity contribution in [2.45, 2.75) is 24.8 Å². The first kappa shape index (κ1) is 17.4. The molecule has 134 valence electrons. The Morgan fingerprint density at radius 3 is 2.88 bits per heavy atom. The summed E-state index contributed by atoms with van der Waals surface area (Å²) in [6.07, 6.45) is 6.56. The number of piperidine rings is 1. The molecule has 1 aromatic rings. The van der Waals surface area contributed by atoms with Gasteiger partial charge in [0.25, 0.3) is 0 Å². The summed E-state index contributed by atoms with van der Waals surface area (Å²) < 4.78 is 26.6. The zero-order valence-electron chi connectivity index (χ0n) is 14.1. The van der Waals surface area contributed by atoms with Crippen molar-refractivity contribution in [1.82, 2.24) is 24.7 Å². The molecule has 9 heteroatoms. The Hall–Kier alpha value is -1.45. The summed E-state index contributed by atoms with van der Waals surface area (Å²) in [4.78, 5) is 12.7. The second-order valence-electron chi connectivity index (χ2n) is 6.79. The highest BCUT2D eigenvalue weighted by atomic mass is 32.2. The molecule has 2 fully saturated rings. The van der Waals surface area contributed by atoms with E-state index in [4.69, 9.17) is 0 Å². The molecule has 1 unspecified atom stereocenters. The highest BCUT2D eigenvalue weighted by Crippen LogP contribution is 2.28. The van der Waals surface area contributed by atoms with Crippen LogP contribution in [0.1, 0.15) is 24.3 Å². The fourth-order valence-electron chi connectivity index (χ4n) is 3.61. The number of carbonyl (C=O) groups excluding carboxylic acids is 1. The quantitative estimate of drug-likeness (QED) is 0.742. The Labute approximate surface area is 142 Å². The smallest absolute Gasteiger partial charge is 0.225 e. The lowest BCUT2D eigenvalue weighted by Gasteiger charge is -2.32. The van der Waals surface area contributed by atoms with Gasteiger partial charge in [-0.1, -0.05) is 0 Å². The monoisotopic (exact) mass is 355 g/mol. The van der Waals surface area contributed by atoms with Gasteiger partial charge in [0.1, 0.15) is 0 Å². The highest BCUT2D eigenvalue weighted by molar-refractivity contribution is 7.88. The summed E-state index contributed by atoms with van der Waals surface area (Å²) in [5.41, 5.74) is 1.06. The molecule has 0 spiro atoms. The van der Waals surface area contributed by atoms with E-state index in [2.05, 4.69) is 15.7 Å². The molecule has 0 aliphatic carbocycles. The molecule has 2 saturated heterocycles. The van der Waals surface area contributed by atoms with E-state index >= 15 is 0 Å². The molecule has 3 rings (SSSR count). The topological polar surface area (TPSA) is 96.3 Å². The molecular formula is C15H25N5O3S. The lowest BCUT2D eigenvalue weighted by atomic mass is 9.90. The Morgan fingerprint density at radius 2 is 2.21 bits per heavy atom. The molecular weight excluding hydrogens is 330 g/mol. The lowest BCUT2D eigenvalue weighted by molar-refractivity contribution is -0.125. The lowest BCUT2D eigenvalue weighted by Crippen LogP contribution is -2.51. The normalized spacial score (nSPS) is 28.8. The van der Waals surface area contributed by atoms with E-state index in [0.717, 1.165) is 24.9 Å². The first-order valence-electron chi connectivity index (χ1n) is 8.29. The van der Waals surface area contributed by atoms with Gasteiger partial charge in [-0.2, -0.15) is 5.10 Å². The molecule has 3 heterocycles. The van der Waals surface area contributed by atoms with E-state index in [-0.39, 0.29) is 23.8 Å². The molecule has 0 aromatic carbocycles. The fourth-order valence-corrected chi connectivity index (χ4v) is 4.52. The second-order valence-corrected chi connectivity index (χ2v) is 8.77. The van der Waals surface area contributed by atoms with Gasteiger partial charge >= 0.3 is 0 Å². The van der Waals surface area contributed by atoms with Gasteiger partial charge in [0.15, 0.2) is 0 Å². The van der Waals surface area contributed by atoms with E-state index in [0.29, 0.717) is 19.6 Å². The van der Waals surface area contributed by atoms with Crippen molar-refractivity contribution in [2.24, 2.45) is 13.0 Å². The van der Waals surface area contributed by atoms with Crippen molar-refractivity contribution in [1.29, 1.82) is 0 Å². The molecule has 0 saturated carbocycles. The summed E-state index contributed by atoms with van der Waals surface area (Å²) in [7, 11) is -1.34. The van der Waals surface area contributed by atoms with Crippen molar-refractivity contribution in [3.05, 3.63) is 18.0 Å². The predicted octanol–water partition coefficient (Wildman–Crippen LogP) is -0.737. The summed E-state index contributed by atoms with van der Waals surface area (Å²) >= 11 is 0. The number of aryl methyl sites for hydroxylation is 1. The first-order valence-corrected chi connectivity index (χ1v) is 10.1. The van der Waals surface area contributed by atoms with Crippen molar-refractivity contribution < 1.29 is 13.2 Å². The SMILES string of the molecule is Cn1cc([C@H]2CNC[C@@H]2C(=O)NC2CCCN(S(C)(=O)=O)C2)cn1. The Bertz CT molecular complexity index is 702. The zero-order valence-corrected chi connectivity index (χ0v) is 14.9. The van der Waals surface area contributed by atoms with Crippen LogP contribution < -0.4 is 10.6 Å². The second kappa shape index (κ2) is 6.81. The van der Waals surface area contributed by atoms with Crippen LogP contribution in [-0.4, -0.2) is 66.9 Å². The standard InChI is InChI=1S/C15H25N5O3S/c1-19-9-11(6-17-19)13-7-16-8-14(13)15(21)18-12-4-3-5-20(10-12)24(2,22)23/h6,9,12-14,16H,3-5,7-8,10H2,1-2H3,(H,18,21)/t12?,13-,14+/m1/s1. The third-order valence-electron chi connectivity index (χ3n) is 4.90. The highest BCUT2D eigenvalue weighted by Gasteiger charge is 2.36. The number of nitrogens with zero attached hydrogens (tertiary/aromatic N) is 3. The molecule has 0 bridgehead atoms. The van der Waals surface area contributed by atoms with Gasteiger partial charge in [0.2, 0.25) is 15.9 Å². The van der Waals surface area contributed by atoms with Crippen LogP contribution in [0.15, 0.2) is 12.4 Å². The number of nitrogens with one attached hydrogen (secondary N) is 2. The Morgan fingerprint density at radius 1 is 1.42 bits per heavy atom. The first-order chi connectivity index (χ1) is 11.3. The third kappa shape index (κ3) is 3.79. The van der Waals surface area contributed by atoms with Crippen molar-refractivity contribution in [2.75, 3.05) is 32.4 Å². The van der Waals surface area contributed by atoms with Gasteiger partial charge in [-0.05, 0) is 18.4 Å². The predicted molar refractivity (Wildman–Crippen MR) is 89.9 cm³/mol. The maximum Gasteiger partial charge on any atom is 0.225 e. The molecule has 0 radical (unpaired) electrons. The molecule has 8 nitrogen and oxygen atoms in total. The van der Waals surface area contributed by atoms with Gasteiger partial charge in [-0.25, -0.2) is 12.7 Å². The number of hydrogen-bond acceptors (Lipinski definition) is 5. The van der Waals surface area contributed by atoms with Gasteiger partial charge < -0.3 is 10.6 Å². The van der Waals surface area contributed by atoms with Crippen LogP contribution in [0.25, 0.3) is 0 Å². The third-order valence-corrected chi connectivity index (χ3v) is 6.17. The van der Waals surface area contributed by atoms with Crippen LogP contribution in [-0.2, 0) is 21.9 Å².